The van der Waals surface area contributed by atoms with Crippen LogP contribution in [0, 0.1) is 0 Å². The first kappa shape index (κ1) is 23.4. The van der Waals surface area contributed by atoms with E-state index < -0.39 is 0 Å². The molecule has 2 atom stereocenters. The van der Waals surface area contributed by atoms with Gasteiger partial charge in [-0.3, -0.25) is 15.0 Å². The Bertz CT molecular complexity index is 1350. The number of nitrogens with one attached hydrogen (secondary N) is 3. The van der Waals surface area contributed by atoms with Crippen LogP contribution in [0.2, 0.25) is 0 Å². The van der Waals surface area contributed by atoms with Crippen LogP contribution in [0.1, 0.15) is 47.2 Å². The molecule has 1 heterocycles. The van der Waals surface area contributed by atoms with Crippen molar-refractivity contribution in [2.24, 2.45) is 4.99 Å². The van der Waals surface area contributed by atoms with Crippen LogP contribution >= 0.6 is 0 Å². The molecule has 182 valence electrons. The third-order valence-electron chi connectivity index (χ3n) is 6.93. The number of allylic oxidation sites excluding steroid dienone is 3. The van der Waals surface area contributed by atoms with Gasteiger partial charge >= 0.3 is 0 Å². The van der Waals surface area contributed by atoms with Crippen molar-refractivity contribution in [2.45, 2.75) is 31.7 Å². The highest BCUT2D eigenvalue weighted by molar-refractivity contribution is 6.09. The molecule has 0 radical (unpaired) electrons. The molecule has 7 heteroatoms. The number of aliphatic imine (C=N–C) groups is 1. The van der Waals surface area contributed by atoms with Crippen molar-refractivity contribution in [3.05, 3.63) is 118 Å². The minimum Gasteiger partial charge on any atom is -0.697 e. The summed E-state index contributed by atoms with van der Waals surface area (Å²) in [6.45, 7) is 2.12. The summed E-state index contributed by atoms with van der Waals surface area (Å²) in [7, 11) is 2.05. The number of rotatable bonds is 7. The molecule has 0 saturated carbocycles. The lowest BCUT2D eigenvalue weighted by Gasteiger charge is -2.30. The molecule has 3 aliphatic rings. The molecule has 2 aromatic rings. The van der Waals surface area contributed by atoms with Crippen molar-refractivity contribution in [1.82, 2.24) is 15.8 Å². The molecule has 36 heavy (non-hydrogen) atoms. The van der Waals surface area contributed by atoms with Gasteiger partial charge in [0.25, 0.3) is 11.8 Å². The smallest absolute Gasteiger partial charge is 0.275 e. The number of hydrogen-bond donors (Lipinski definition) is 2. The zero-order chi connectivity index (χ0) is 25.2. The second kappa shape index (κ2) is 9.70. The summed E-state index contributed by atoms with van der Waals surface area (Å²) in [6, 6.07) is 17.3. The number of hydrazine groups is 1. The maximum Gasteiger partial charge on any atom is 0.275 e. The second-order valence-corrected chi connectivity index (χ2v) is 9.16. The lowest BCUT2D eigenvalue weighted by Crippen LogP contribution is -2.34. The van der Waals surface area contributed by atoms with E-state index in [1.165, 1.54) is 17.3 Å². The topological polar surface area (TPSA) is 97.6 Å². The van der Waals surface area contributed by atoms with Crippen molar-refractivity contribution < 1.29 is 9.59 Å². The quantitative estimate of drug-likeness (QED) is 0.437. The molecule has 1 aliphatic heterocycles. The summed E-state index contributed by atoms with van der Waals surface area (Å²) in [5.74, 6) is -0.857. The first-order valence-corrected chi connectivity index (χ1v) is 12.0. The van der Waals surface area contributed by atoms with E-state index in [0.29, 0.717) is 16.8 Å². The van der Waals surface area contributed by atoms with Gasteiger partial charge in [-0.1, -0.05) is 54.6 Å². The highest BCUT2D eigenvalue weighted by Gasteiger charge is 2.38. The minimum absolute atomic E-state index is 0.198. The fourth-order valence-corrected chi connectivity index (χ4v) is 4.92. The Balaban J connectivity index is 1.20. The van der Waals surface area contributed by atoms with Crippen LogP contribution in [0.25, 0.3) is 11.3 Å². The van der Waals surface area contributed by atoms with E-state index in [2.05, 4.69) is 34.7 Å². The van der Waals surface area contributed by atoms with Gasteiger partial charge in [-0.15, -0.1) is 5.70 Å². The predicted octanol–water partition coefficient (Wildman–Crippen LogP) is 4.90. The molecular formula is C29H28N5O2-. The molecule has 0 saturated heterocycles. The summed E-state index contributed by atoms with van der Waals surface area (Å²) >= 11 is 0. The minimum atomic E-state index is -0.319. The number of hydrogen-bond acceptors (Lipinski definition) is 4. The van der Waals surface area contributed by atoms with Crippen molar-refractivity contribution in [2.75, 3.05) is 7.05 Å². The molecule has 2 amide bonds. The number of carbonyl (C=O) groups excluding carboxylic acids is 2. The summed E-state index contributed by atoms with van der Waals surface area (Å²) in [5.41, 5.74) is 20.8. The van der Waals surface area contributed by atoms with Crippen molar-refractivity contribution in [1.29, 1.82) is 0 Å². The molecule has 2 aromatic carbocycles. The molecule has 7 nitrogen and oxygen atoms in total. The van der Waals surface area contributed by atoms with Crippen LogP contribution in [-0.2, 0) is 4.79 Å². The molecule has 0 spiro atoms. The molecule has 0 aromatic heterocycles. The van der Waals surface area contributed by atoms with Crippen molar-refractivity contribution >= 4 is 23.6 Å². The first-order valence-electron chi connectivity index (χ1n) is 12.0. The molecular weight excluding hydrogens is 450 g/mol. The molecule has 3 N–H and O–H groups in total. The van der Waals surface area contributed by atoms with Crippen LogP contribution < -0.4 is 10.9 Å². The summed E-state index contributed by atoms with van der Waals surface area (Å²) in [5, 5.41) is 0. The van der Waals surface area contributed by atoms with E-state index >= 15 is 0 Å². The van der Waals surface area contributed by atoms with Gasteiger partial charge in [0.2, 0.25) is 0 Å². The van der Waals surface area contributed by atoms with Crippen LogP contribution in [0.3, 0.4) is 0 Å². The average molecular weight is 479 g/mol. The first-order chi connectivity index (χ1) is 17.5. The summed E-state index contributed by atoms with van der Waals surface area (Å²) in [6.07, 6.45) is 8.90. The number of carbonyl (C=O) groups is 2. The van der Waals surface area contributed by atoms with E-state index in [4.69, 9.17) is 5.73 Å². The molecule has 5 rings (SSSR count). The fraction of sp³-hybridized carbons (Fsp3) is 0.207. The van der Waals surface area contributed by atoms with Crippen LogP contribution in [0.15, 0.2) is 100 Å². The monoisotopic (exact) mass is 478 g/mol. The zero-order valence-corrected chi connectivity index (χ0v) is 20.3. The maximum atomic E-state index is 12.7. The van der Waals surface area contributed by atoms with E-state index in [1.807, 2.05) is 54.6 Å². The lowest BCUT2D eigenvalue weighted by molar-refractivity contribution is -0.114. The van der Waals surface area contributed by atoms with E-state index in [0.717, 1.165) is 29.7 Å². The Kier molecular flexibility index (Phi) is 6.29. The van der Waals surface area contributed by atoms with Crippen LogP contribution in [0.4, 0.5) is 0 Å². The fourth-order valence-electron chi connectivity index (χ4n) is 4.92. The number of amides is 2. The Morgan fingerprint density at radius 3 is 2.61 bits per heavy atom. The molecule has 1 unspecified atom stereocenters. The number of benzene rings is 2. The van der Waals surface area contributed by atoms with Gasteiger partial charge in [0.15, 0.2) is 0 Å². The van der Waals surface area contributed by atoms with Crippen LogP contribution in [-0.4, -0.2) is 36.0 Å². The Morgan fingerprint density at radius 1 is 1.14 bits per heavy atom. The average Bonchev–Trinajstić information content (AvgIpc) is 3.44. The number of nitrogens with zero attached hydrogens (tertiary/aromatic N) is 2. The predicted molar refractivity (Wildman–Crippen MR) is 142 cm³/mol. The van der Waals surface area contributed by atoms with E-state index in [-0.39, 0.29) is 23.8 Å². The molecule has 0 fully saturated rings. The highest BCUT2D eigenvalue weighted by atomic mass is 16.2. The standard InChI is InChI=1S/C29H28N5O2/c1-18-26(27(18)34(2)25-11-7-6-10-24(25)30)20-12-14-21(15-13-20)28(35)33-32-17-23-22(16-31-29(23)36)19-8-4-3-5-9-19/h3-6,8-10,12-17,22,27,30H,7,11H2,1-2H3,(H,32,36)(H,33,35)/q-1/t22?,27-/m1/s1. The van der Waals surface area contributed by atoms with Gasteiger partial charge in [0, 0.05) is 30.6 Å². The van der Waals surface area contributed by atoms with Crippen molar-refractivity contribution in [3.8, 4) is 0 Å². The van der Waals surface area contributed by atoms with Crippen molar-refractivity contribution in [3.63, 3.8) is 0 Å². The third-order valence-corrected chi connectivity index (χ3v) is 6.93. The number of likely N-dealkylation sites (N-methyl/N-ethyl adjacent to an activating group) is 1. The highest BCUT2D eigenvalue weighted by Crippen LogP contribution is 2.45. The normalized spacial score (nSPS) is 21.8. The Hall–Kier alpha value is -4.39. The Labute approximate surface area is 210 Å². The third kappa shape index (κ3) is 4.47. The van der Waals surface area contributed by atoms with Gasteiger partial charge in [-0.05, 0) is 59.9 Å². The zero-order valence-electron chi connectivity index (χ0n) is 20.3. The SMILES string of the molecule is CC1=C(c2ccc(C(=O)NNC=C3C(=O)N=CC3c3ccccc3)cc2)[C@@H]1N(C)C1=C([NH-])C=CCC1. The summed E-state index contributed by atoms with van der Waals surface area (Å²) in [4.78, 5) is 31.0. The van der Waals surface area contributed by atoms with Gasteiger partial charge in [-0.2, -0.15) is 0 Å². The molecule has 2 aliphatic carbocycles. The lowest BCUT2D eigenvalue weighted by atomic mass is 9.94. The maximum absolute atomic E-state index is 12.7. The van der Waals surface area contributed by atoms with E-state index in [1.54, 1.807) is 18.3 Å². The van der Waals surface area contributed by atoms with Gasteiger partial charge in [0.05, 0.1) is 12.0 Å². The van der Waals surface area contributed by atoms with E-state index in [9.17, 15) is 9.59 Å². The van der Waals surface area contributed by atoms with Gasteiger partial charge < -0.3 is 16.1 Å². The molecule has 0 bridgehead atoms. The van der Waals surface area contributed by atoms with Gasteiger partial charge in [-0.25, -0.2) is 4.99 Å². The summed E-state index contributed by atoms with van der Waals surface area (Å²) < 4.78 is 0. The Morgan fingerprint density at radius 2 is 1.89 bits per heavy atom. The van der Waals surface area contributed by atoms with Crippen LogP contribution in [0.5, 0.6) is 0 Å². The van der Waals surface area contributed by atoms with Gasteiger partial charge in [0.1, 0.15) is 0 Å². The second-order valence-electron chi connectivity index (χ2n) is 9.16. The largest absolute Gasteiger partial charge is 0.697 e.